The minimum atomic E-state index is 0. The van der Waals surface area contributed by atoms with Crippen LogP contribution in [0.5, 0.6) is 0 Å². The minimum absolute atomic E-state index is 0. The molecule has 0 saturated carbocycles. The summed E-state index contributed by atoms with van der Waals surface area (Å²) in [6.07, 6.45) is 0. The standard InChI is InChI=1S/C4H10O.2ClH.Mg/c1-4(2)3-5;;;/h4-5H,3H2,1-2H3;2*1H;/q;;;+2/p-2. The van der Waals surface area contributed by atoms with Crippen LogP contribution in [0.15, 0.2) is 0 Å². The Hall–Kier alpha value is 1.31. The van der Waals surface area contributed by atoms with Crippen LogP contribution in [0.1, 0.15) is 13.8 Å². The number of hydrogen-bond donors (Lipinski definition) is 1. The molecule has 8 heavy (non-hydrogen) atoms. The maximum Gasteiger partial charge on any atom is 2.00 e. The van der Waals surface area contributed by atoms with Crippen LogP contribution in [0.3, 0.4) is 0 Å². The van der Waals surface area contributed by atoms with E-state index in [4.69, 9.17) is 5.11 Å². The van der Waals surface area contributed by atoms with E-state index in [1.807, 2.05) is 13.8 Å². The average molecular weight is 169 g/mol. The van der Waals surface area contributed by atoms with Crippen molar-refractivity contribution in [3.05, 3.63) is 0 Å². The smallest absolute Gasteiger partial charge is 1.00 e. The Kier molecular flexibility index (Phi) is 44.9. The molecular weight excluding hydrogens is 159 g/mol. The van der Waals surface area contributed by atoms with Crippen molar-refractivity contribution < 1.29 is 29.9 Å². The normalized spacial score (nSPS) is 6.00. The third kappa shape index (κ3) is 26.6. The van der Waals surface area contributed by atoms with E-state index in [0.717, 1.165) is 0 Å². The Morgan fingerprint density at radius 2 is 1.38 bits per heavy atom. The summed E-state index contributed by atoms with van der Waals surface area (Å²) in [5, 5.41) is 8.14. The molecule has 1 N–H and O–H groups in total. The van der Waals surface area contributed by atoms with Crippen LogP contribution in [-0.4, -0.2) is 34.8 Å². The molecule has 4 heteroatoms. The van der Waals surface area contributed by atoms with Gasteiger partial charge in [-0.3, -0.25) is 0 Å². The first-order valence-electron chi connectivity index (χ1n) is 1.88. The number of hydrogen-bond acceptors (Lipinski definition) is 1. The van der Waals surface area contributed by atoms with E-state index in [-0.39, 0.29) is 47.9 Å². The second kappa shape index (κ2) is 15.7. The molecule has 0 aromatic carbocycles. The summed E-state index contributed by atoms with van der Waals surface area (Å²) in [6, 6.07) is 0. The van der Waals surface area contributed by atoms with E-state index in [1.54, 1.807) is 0 Å². The van der Waals surface area contributed by atoms with Gasteiger partial charge in [-0.05, 0) is 5.92 Å². The SMILES string of the molecule is CC(C)CO.[Cl-].[Cl-].[Mg+2]. The Morgan fingerprint density at radius 1 is 1.25 bits per heavy atom. The van der Waals surface area contributed by atoms with Crippen LogP contribution >= 0.6 is 0 Å². The van der Waals surface area contributed by atoms with Crippen LogP contribution in [-0.2, 0) is 0 Å². The van der Waals surface area contributed by atoms with Gasteiger partial charge >= 0.3 is 23.1 Å². The van der Waals surface area contributed by atoms with Gasteiger partial charge in [0.15, 0.2) is 0 Å². The maximum atomic E-state index is 8.14. The molecule has 0 aliphatic heterocycles. The third-order valence-electron chi connectivity index (χ3n) is 0.365. The third-order valence-corrected chi connectivity index (χ3v) is 0.365. The fourth-order valence-electron chi connectivity index (χ4n) is 0. The van der Waals surface area contributed by atoms with Crippen molar-refractivity contribution in [2.45, 2.75) is 13.8 Å². The molecule has 0 bridgehead atoms. The average Bonchev–Trinajstić information content (AvgIpc) is 1.38. The van der Waals surface area contributed by atoms with E-state index >= 15 is 0 Å². The van der Waals surface area contributed by atoms with E-state index < -0.39 is 0 Å². The molecule has 0 spiro atoms. The van der Waals surface area contributed by atoms with Crippen molar-refractivity contribution in [1.82, 2.24) is 0 Å². The maximum absolute atomic E-state index is 8.14. The predicted octanol–water partition coefficient (Wildman–Crippen LogP) is -5.74. The Morgan fingerprint density at radius 3 is 1.38 bits per heavy atom. The summed E-state index contributed by atoms with van der Waals surface area (Å²) in [5.41, 5.74) is 0. The van der Waals surface area contributed by atoms with Gasteiger partial charge in [0.1, 0.15) is 0 Å². The Labute approximate surface area is 79.2 Å². The summed E-state index contributed by atoms with van der Waals surface area (Å²) in [7, 11) is 0. The molecule has 1 nitrogen and oxygen atoms in total. The largest absolute Gasteiger partial charge is 2.00 e. The molecule has 0 unspecified atom stereocenters. The van der Waals surface area contributed by atoms with Crippen LogP contribution in [0, 0.1) is 5.92 Å². The van der Waals surface area contributed by atoms with Crippen molar-refractivity contribution >= 4 is 23.1 Å². The van der Waals surface area contributed by atoms with Crippen LogP contribution in [0.2, 0.25) is 0 Å². The van der Waals surface area contributed by atoms with Crippen molar-refractivity contribution in [3.8, 4) is 0 Å². The molecule has 0 atom stereocenters. The number of aliphatic hydroxyl groups is 1. The van der Waals surface area contributed by atoms with Gasteiger partial charge < -0.3 is 29.9 Å². The molecule has 0 saturated heterocycles. The monoisotopic (exact) mass is 168 g/mol. The Balaban J connectivity index is -0.0000000267. The van der Waals surface area contributed by atoms with E-state index in [0.29, 0.717) is 12.5 Å². The van der Waals surface area contributed by atoms with Crippen molar-refractivity contribution in [1.29, 1.82) is 0 Å². The van der Waals surface area contributed by atoms with E-state index in [9.17, 15) is 0 Å². The molecule has 0 amide bonds. The Bertz CT molecular complexity index is 28.0. The van der Waals surface area contributed by atoms with Gasteiger partial charge in [0, 0.05) is 6.61 Å². The molecule has 0 aromatic heterocycles. The summed E-state index contributed by atoms with van der Waals surface area (Å²) < 4.78 is 0. The number of halogens is 2. The molecule has 0 heterocycles. The van der Waals surface area contributed by atoms with Crippen molar-refractivity contribution in [2.75, 3.05) is 6.61 Å². The van der Waals surface area contributed by atoms with Gasteiger partial charge in [-0.1, -0.05) is 13.8 Å². The quantitative estimate of drug-likeness (QED) is 0.388. The van der Waals surface area contributed by atoms with Gasteiger partial charge in [-0.2, -0.15) is 0 Å². The minimum Gasteiger partial charge on any atom is -1.00 e. The molecule has 0 aliphatic carbocycles. The van der Waals surface area contributed by atoms with E-state index in [1.165, 1.54) is 0 Å². The number of aliphatic hydroxyl groups excluding tert-OH is 1. The van der Waals surface area contributed by atoms with Gasteiger partial charge in [-0.25, -0.2) is 0 Å². The predicted molar refractivity (Wildman–Crippen MR) is 27.7 cm³/mol. The van der Waals surface area contributed by atoms with Crippen molar-refractivity contribution in [3.63, 3.8) is 0 Å². The second-order valence-corrected chi connectivity index (χ2v) is 1.58. The zero-order valence-corrected chi connectivity index (χ0v) is 8.12. The molecule has 0 fully saturated rings. The van der Waals surface area contributed by atoms with Gasteiger partial charge in [0.2, 0.25) is 0 Å². The zero-order chi connectivity index (χ0) is 4.28. The fourth-order valence-corrected chi connectivity index (χ4v) is 0. The van der Waals surface area contributed by atoms with E-state index in [2.05, 4.69) is 0 Å². The molecule has 0 aromatic rings. The number of rotatable bonds is 1. The van der Waals surface area contributed by atoms with Crippen LogP contribution in [0.4, 0.5) is 0 Å². The van der Waals surface area contributed by atoms with Crippen LogP contribution < -0.4 is 24.8 Å². The molecule has 48 valence electrons. The van der Waals surface area contributed by atoms with Gasteiger partial charge in [0.25, 0.3) is 0 Å². The summed E-state index contributed by atoms with van der Waals surface area (Å²) >= 11 is 0. The van der Waals surface area contributed by atoms with Gasteiger partial charge in [0.05, 0.1) is 0 Å². The second-order valence-electron chi connectivity index (χ2n) is 1.58. The zero-order valence-electron chi connectivity index (χ0n) is 5.19. The molecule has 0 rings (SSSR count). The first-order chi connectivity index (χ1) is 2.27. The first-order valence-corrected chi connectivity index (χ1v) is 1.88. The fraction of sp³-hybridized carbons (Fsp3) is 1.00. The van der Waals surface area contributed by atoms with Gasteiger partial charge in [-0.15, -0.1) is 0 Å². The molecule has 0 radical (unpaired) electrons. The topological polar surface area (TPSA) is 20.2 Å². The summed E-state index contributed by atoms with van der Waals surface area (Å²) in [6.45, 7) is 4.25. The van der Waals surface area contributed by atoms with Crippen molar-refractivity contribution in [2.24, 2.45) is 5.92 Å². The summed E-state index contributed by atoms with van der Waals surface area (Å²) in [5.74, 6) is 0.440. The molecular formula is C4H10Cl2MgO. The first kappa shape index (κ1) is 22.8. The summed E-state index contributed by atoms with van der Waals surface area (Å²) in [4.78, 5) is 0. The van der Waals surface area contributed by atoms with Crippen LogP contribution in [0.25, 0.3) is 0 Å². The molecule has 0 aliphatic rings.